The van der Waals surface area contributed by atoms with Crippen LogP contribution in [0.4, 0.5) is 5.69 Å². The summed E-state index contributed by atoms with van der Waals surface area (Å²) in [5, 5.41) is 11.4. The van der Waals surface area contributed by atoms with Crippen LogP contribution in [0.25, 0.3) is 10.2 Å². The Morgan fingerprint density at radius 3 is 2.71 bits per heavy atom. The number of ether oxygens (including phenoxy) is 1. The standard InChI is InChI=1S/C17H11Cl2N3O5S/c1-27-13(23)8-21-15-12(6-5-11(18)14(15)19)28-17(21)20-16(24)9-3-2-4-10(7-9)22(25)26/h2-7H,8H2,1H3. The van der Waals surface area contributed by atoms with Gasteiger partial charge in [0.1, 0.15) is 6.54 Å². The molecule has 0 saturated heterocycles. The van der Waals surface area contributed by atoms with E-state index in [-0.39, 0.29) is 32.6 Å². The van der Waals surface area contributed by atoms with Crippen LogP contribution in [-0.2, 0) is 16.1 Å². The number of halogens is 2. The number of fused-ring (bicyclic) bond motifs is 1. The Hall–Kier alpha value is -2.75. The van der Waals surface area contributed by atoms with Crippen molar-refractivity contribution in [1.82, 2.24) is 4.57 Å². The summed E-state index contributed by atoms with van der Waals surface area (Å²) in [5.74, 6) is -1.27. The van der Waals surface area contributed by atoms with Gasteiger partial charge < -0.3 is 9.30 Å². The van der Waals surface area contributed by atoms with Gasteiger partial charge in [-0.05, 0) is 18.2 Å². The number of non-ortho nitro benzene ring substituents is 1. The molecule has 8 nitrogen and oxygen atoms in total. The number of hydrogen-bond donors (Lipinski definition) is 0. The van der Waals surface area contributed by atoms with E-state index in [2.05, 4.69) is 4.99 Å². The van der Waals surface area contributed by atoms with Crippen LogP contribution < -0.4 is 4.80 Å². The SMILES string of the molecule is COC(=O)Cn1c(=NC(=O)c2cccc([N+](=O)[O-])c2)sc2ccc(Cl)c(Cl)c21. The molecule has 0 atom stereocenters. The van der Waals surface area contributed by atoms with Gasteiger partial charge in [-0.1, -0.05) is 40.6 Å². The first-order valence-corrected chi connectivity index (χ1v) is 9.26. The lowest BCUT2D eigenvalue weighted by Crippen LogP contribution is -2.22. The van der Waals surface area contributed by atoms with Gasteiger partial charge >= 0.3 is 5.97 Å². The molecule has 11 heteroatoms. The van der Waals surface area contributed by atoms with Gasteiger partial charge in [0.25, 0.3) is 11.6 Å². The van der Waals surface area contributed by atoms with E-state index in [0.29, 0.717) is 10.2 Å². The number of nitrogens with zero attached hydrogens (tertiary/aromatic N) is 3. The number of carbonyl (C=O) groups excluding carboxylic acids is 2. The Morgan fingerprint density at radius 2 is 2.04 bits per heavy atom. The summed E-state index contributed by atoms with van der Waals surface area (Å²) in [6, 6.07) is 8.50. The molecule has 1 aromatic heterocycles. The molecule has 3 aromatic rings. The number of amides is 1. The normalized spacial score (nSPS) is 11.6. The highest BCUT2D eigenvalue weighted by atomic mass is 35.5. The van der Waals surface area contributed by atoms with E-state index in [1.165, 1.54) is 29.9 Å². The second-order valence-electron chi connectivity index (χ2n) is 5.48. The van der Waals surface area contributed by atoms with E-state index >= 15 is 0 Å². The molecule has 0 aliphatic carbocycles. The molecule has 0 N–H and O–H groups in total. The maximum absolute atomic E-state index is 12.6. The average Bonchev–Trinajstić information content (AvgIpc) is 3.02. The summed E-state index contributed by atoms with van der Waals surface area (Å²) in [7, 11) is 1.23. The maximum Gasteiger partial charge on any atom is 0.325 e. The van der Waals surface area contributed by atoms with Crippen LogP contribution in [0.3, 0.4) is 0 Å². The van der Waals surface area contributed by atoms with Crippen LogP contribution in [0.15, 0.2) is 41.4 Å². The highest BCUT2D eigenvalue weighted by Gasteiger charge is 2.17. The molecule has 0 aliphatic heterocycles. The summed E-state index contributed by atoms with van der Waals surface area (Å²) in [6.07, 6.45) is 0. The smallest absolute Gasteiger partial charge is 0.325 e. The fourth-order valence-electron chi connectivity index (χ4n) is 2.43. The van der Waals surface area contributed by atoms with Crippen molar-refractivity contribution in [3.05, 3.63) is 66.9 Å². The first-order chi connectivity index (χ1) is 13.3. The van der Waals surface area contributed by atoms with Crippen LogP contribution in [0.1, 0.15) is 10.4 Å². The van der Waals surface area contributed by atoms with Crippen molar-refractivity contribution in [2.45, 2.75) is 6.54 Å². The lowest BCUT2D eigenvalue weighted by atomic mass is 10.2. The number of carbonyl (C=O) groups is 2. The van der Waals surface area contributed by atoms with Gasteiger partial charge in [-0.2, -0.15) is 4.99 Å². The molecule has 0 unspecified atom stereocenters. The van der Waals surface area contributed by atoms with E-state index in [9.17, 15) is 19.7 Å². The Labute approximate surface area is 171 Å². The molecule has 0 aliphatic rings. The van der Waals surface area contributed by atoms with E-state index < -0.39 is 16.8 Å². The molecule has 0 spiro atoms. The minimum Gasteiger partial charge on any atom is -0.468 e. The van der Waals surface area contributed by atoms with Crippen molar-refractivity contribution in [2.24, 2.45) is 4.99 Å². The third-order valence-corrected chi connectivity index (χ3v) is 5.59. The lowest BCUT2D eigenvalue weighted by molar-refractivity contribution is -0.384. The molecule has 0 bridgehead atoms. The molecule has 1 amide bonds. The number of esters is 1. The number of nitro benzene ring substituents is 1. The summed E-state index contributed by atoms with van der Waals surface area (Å²) in [4.78, 5) is 38.9. The summed E-state index contributed by atoms with van der Waals surface area (Å²) in [5.41, 5.74) is 0.255. The molecule has 3 rings (SSSR count). The molecular formula is C17H11Cl2N3O5S. The largest absolute Gasteiger partial charge is 0.468 e. The first-order valence-electron chi connectivity index (χ1n) is 7.69. The number of thiazole rings is 1. The number of rotatable bonds is 4. The maximum atomic E-state index is 12.6. The number of benzene rings is 2. The number of hydrogen-bond acceptors (Lipinski definition) is 6. The van der Waals surface area contributed by atoms with E-state index in [1.54, 1.807) is 12.1 Å². The Kier molecular flexibility index (Phi) is 5.78. The molecular weight excluding hydrogens is 429 g/mol. The molecule has 0 fully saturated rings. The van der Waals surface area contributed by atoms with Gasteiger partial charge in [-0.25, -0.2) is 0 Å². The molecule has 28 heavy (non-hydrogen) atoms. The number of nitro groups is 1. The second kappa shape index (κ2) is 8.09. The van der Waals surface area contributed by atoms with Crippen LogP contribution in [-0.4, -0.2) is 28.5 Å². The van der Waals surface area contributed by atoms with Gasteiger partial charge in [0.15, 0.2) is 4.80 Å². The van der Waals surface area contributed by atoms with Crippen molar-refractivity contribution in [1.29, 1.82) is 0 Å². The lowest BCUT2D eigenvalue weighted by Gasteiger charge is -2.06. The Morgan fingerprint density at radius 1 is 1.29 bits per heavy atom. The van der Waals surface area contributed by atoms with Crippen molar-refractivity contribution in [3.8, 4) is 0 Å². The predicted molar refractivity (Wildman–Crippen MR) is 105 cm³/mol. The summed E-state index contributed by atoms with van der Waals surface area (Å²) >= 11 is 13.5. The molecule has 0 saturated carbocycles. The van der Waals surface area contributed by atoms with E-state index in [0.717, 1.165) is 17.4 Å². The van der Waals surface area contributed by atoms with Gasteiger partial charge in [-0.15, -0.1) is 0 Å². The monoisotopic (exact) mass is 439 g/mol. The second-order valence-corrected chi connectivity index (χ2v) is 7.27. The minimum atomic E-state index is -0.698. The van der Waals surface area contributed by atoms with Crippen LogP contribution >= 0.6 is 34.5 Å². The summed E-state index contributed by atoms with van der Waals surface area (Å²) in [6.45, 7) is -0.238. The number of aromatic nitrogens is 1. The highest BCUT2D eigenvalue weighted by molar-refractivity contribution is 7.16. The molecule has 1 heterocycles. The third kappa shape index (κ3) is 3.91. The van der Waals surface area contributed by atoms with Gasteiger partial charge in [-0.3, -0.25) is 19.7 Å². The topological polar surface area (TPSA) is 104 Å². The molecule has 2 aromatic carbocycles. The van der Waals surface area contributed by atoms with Gasteiger partial charge in [0.05, 0.1) is 32.3 Å². The van der Waals surface area contributed by atoms with Gasteiger partial charge in [0, 0.05) is 17.7 Å². The highest BCUT2D eigenvalue weighted by Crippen LogP contribution is 2.32. The quantitative estimate of drug-likeness (QED) is 0.349. The van der Waals surface area contributed by atoms with Crippen LogP contribution in [0, 0.1) is 10.1 Å². The Balaban J connectivity index is 2.18. The van der Waals surface area contributed by atoms with Crippen molar-refractivity contribution < 1.29 is 19.2 Å². The fourth-order valence-corrected chi connectivity index (χ4v) is 3.94. The van der Waals surface area contributed by atoms with E-state index in [1.807, 2.05) is 0 Å². The molecule has 0 radical (unpaired) electrons. The van der Waals surface area contributed by atoms with Crippen LogP contribution in [0.2, 0.25) is 10.0 Å². The Bertz CT molecular complexity index is 1190. The van der Waals surface area contributed by atoms with Crippen molar-refractivity contribution in [2.75, 3.05) is 7.11 Å². The first kappa shape index (κ1) is 20.0. The number of methoxy groups -OCH3 is 1. The zero-order valence-electron chi connectivity index (χ0n) is 14.2. The van der Waals surface area contributed by atoms with Crippen molar-refractivity contribution >= 4 is 62.3 Å². The predicted octanol–water partition coefficient (Wildman–Crippen LogP) is 3.83. The average molecular weight is 440 g/mol. The van der Waals surface area contributed by atoms with Gasteiger partial charge in [0.2, 0.25) is 0 Å². The van der Waals surface area contributed by atoms with Crippen LogP contribution in [0.5, 0.6) is 0 Å². The minimum absolute atomic E-state index is 0.0420. The molecule has 144 valence electrons. The third-order valence-electron chi connectivity index (χ3n) is 3.75. The summed E-state index contributed by atoms with van der Waals surface area (Å²) < 4.78 is 6.78. The zero-order chi connectivity index (χ0) is 20.4. The van der Waals surface area contributed by atoms with Crippen molar-refractivity contribution in [3.63, 3.8) is 0 Å². The van der Waals surface area contributed by atoms with E-state index in [4.69, 9.17) is 27.9 Å². The zero-order valence-corrected chi connectivity index (χ0v) is 16.5. The fraction of sp³-hybridized carbons (Fsp3) is 0.118.